The molecule has 1 aliphatic rings. The van der Waals surface area contributed by atoms with Gasteiger partial charge in [0.2, 0.25) is 0 Å². The van der Waals surface area contributed by atoms with Crippen molar-refractivity contribution in [1.82, 2.24) is 0 Å². The molecule has 0 saturated carbocycles. The fourth-order valence-electron chi connectivity index (χ4n) is 2.30. The van der Waals surface area contributed by atoms with Crippen LogP contribution in [0.2, 0.25) is 0 Å². The molecule has 0 bridgehead atoms. The Hall–Kier alpha value is -1.99. The highest BCUT2D eigenvalue weighted by Crippen LogP contribution is 2.19. The Morgan fingerprint density at radius 2 is 2.18 bits per heavy atom. The van der Waals surface area contributed by atoms with Gasteiger partial charge in [0.25, 0.3) is 11.6 Å². The van der Waals surface area contributed by atoms with Crippen molar-refractivity contribution in [2.75, 3.05) is 25.2 Å². The Balaban J connectivity index is 1.90. The number of carbonyl (C=O) groups is 1. The summed E-state index contributed by atoms with van der Waals surface area (Å²) in [5.74, 6) is -0.202. The molecule has 0 N–H and O–H groups in total. The number of nitrogens with zero attached hydrogens (tertiary/aromatic N) is 2. The SMILES string of the molecule is C[C@H](OC[C@@H]1CCCO1)C(=O)N(C)c1ccc([N+](=O)[O-])cc1. The summed E-state index contributed by atoms with van der Waals surface area (Å²) < 4.78 is 11.0. The third-order valence-corrected chi connectivity index (χ3v) is 3.68. The van der Waals surface area contributed by atoms with Crippen molar-refractivity contribution in [3.8, 4) is 0 Å². The van der Waals surface area contributed by atoms with Gasteiger partial charge in [0.1, 0.15) is 6.10 Å². The smallest absolute Gasteiger partial charge is 0.269 e. The highest BCUT2D eigenvalue weighted by Gasteiger charge is 2.23. The summed E-state index contributed by atoms with van der Waals surface area (Å²) in [5, 5.41) is 10.6. The molecule has 0 spiro atoms. The van der Waals surface area contributed by atoms with Crippen LogP contribution in [0.3, 0.4) is 0 Å². The lowest BCUT2D eigenvalue weighted by Crippen LogP contribution is -2.37. The van der Waals surface area contributed by atoms with E-state index < -0.39 is 11.0 Å². The van der Waals surface area contributed by atoms with Crippen molar-refractivity contribution in [3.63, 3.8) is 0 Å². The molecule has 1 fully saturated rings. The van der Waals surface area contributed by atoms with Gasteiger partial charge in [0.15, 0.2) is 0 Å². The molecule has 1 aliphatic heterocycles. The lowest BCUT2D eigenvalue weighted by Gasteiger charge is -2.22. The number of amides is 1. The number of nitro groups is 1. The number of hydrogen-bond acceptors (Lipinski definition) is 5. The minimum atomic E-state index is -0.593. The summed E-state index contributed by atoms with van der Waals surface area (Å²) >= 11 is 0. The zero-order valence-corrected chi connectivity index (χ0v) is 12.7. The minimum Gasteiger partial charge on any atom is -0.376 e. The second kappa shape index (κ2) is 7.33. The molecule has 0 radical (unpaired) electrons. The molecule has 22 heavy (non-hydrogen) atoms. The molecule has 1 heterocycles. The van der Waals surface area contributed by atoms with E-state index in [4.69, 9.17) is 9.47 Å². The van der Waals surface area contributed by atoms with Crippen molar-refractivity contribution in [2.45, 2.75) is 32.0 Å². The van der Waals surface area contributed by atoms with Gasteiger partial charge in [-0.15, -0.1) is 0 Å². The van der Waals surface area contributed by atoms with Crippen LogP contribution in [0.4, 0.5) is 11.4 Å². The fourth-order valence-corrected chi connectivity index (χ4v) is 2.30. The van der Waals surface area contributed by atoms with Gasteiger partial charge in [-0.25, -0.2) is 0 Å². The van der Waals surface area contributed by atoms with E-state index in [1.54, 1.807) is 26.1 Å². The molecule has 1 aromatic carbocycles. The van der Waals surface area contributed by atoms with Gasteiger partial charge in [0.05, 0.1) is 17.6 Å². The maximum absolute atomic E-state index is 12.3. The van der Waals surface area contributed by atoms with Gasteiger partial charge in [-0.3, -0.25) is 14.9 Å². The number of anilines is 1. The van der Waals surface area contributed by atoms with Gasteiger partial charge in [-0.1, -0.05) is 0 Å². The Morgan fingerprint density at radius 3 is 2.73 bits per heavy atom. The van der Waals surface area contributed by atoms with E-state index >= 15 is 0 Å². The predicted octanol–water partition coefficient (Wildman–Crippen LogP) is 2.14. The van der Waals surface area contributed by atoms with E-state index in [9.17, 15) is 14.9 Å². The second-order valence-corrected chi connectivity index (χ2v) is 5.28. The Labute approximate surface area is 129 Å². The summed E-state index contributed by atoms with van der Waals surface area (Å²) in [4.78, 5) is 23.9. The zero-order valence-electron chi connectivity index (χ0n) is 12.7. The Kier molecular flexibility index (Phi) is 5.46. The zero-order chi connectivity index (χ0) is 16.1. The number of nitro benzene ring substituents is 1. The summed E-state index contributed by atoms with van der Waals surface area (Å²) in [6.45, 7) is 2.85. The van der Waals surface area contributed by atoms with E-state index in [-0.39, 0.29) is 17.7 Å². The normalized spacial score (nSPS) is 18.9. The highest BCUT2D eigenvalue weighted by molar-refractivity contribution is 5.95. The van der Waals surface area contributed by atoms with E-state index in [2.05, 4.69) is 0 Å². The largest absolute Gasteiger partial charge is 0.376 e. The van der Waals surface area contributed by atoms with Gasteiger partial charge >= 0.3 is 0 Å². The molecule has 0 unspecified atom stereocenters. The van der Waals surface area contributed by atoms with E-state index in [0.29, 0.717) is 12.3 Å². The average Bonchev–Trinajstić information content (AvgIpc) is 3.04. The van der Waals surface area contributed by atoms with Gasteiger partial charge < -0.3 is 14.4 Å². The molecule has 0 aliphatic carbocycles. The molecule has 1 aromatic rings. The molecule has 7 nitrogen and oxygen atoms in total. The molecule has 1 saturated heterocycles. The molecule has 2 rings (SSSR count). The maximum atomic E-state index is 12.3. The molecule has 1 amide bonds. The first kappa shape index (κ1) is 16.4. The predicted molar refractivity (Wildman–Crippen MR) is 80.9 cm³/mol. The number of hydrogen-bond donors (Lipinski definition) is 0. The number of ether oxygens (including phenoxy) is 2. The van der Waals surface area contributed by atoms with Gasteiger partial charge in [-0.2, -0.15) is 0 Å². The first-order valence-corrected chi connectivity index (χ1v) is 7.24. The number of likely N-dealkylation sites (N-methyl/N-ethyl adjacent to an activating group) is 1. The maximum Gasteiger partial charge on any atom is 0.269 e. The molecule has 0 aromatic heterocycles. The second-order valence-electron chi connectivity index (χ2n) is 5.28. The first-order chi connectivity index (χ1) is 10.5. The number of carbonyl (C=O) groups excluding carboxylic acids is 1. The lowest BCUT2D eigenvalue weighted by molar-refractivity contribution is -0.384. The van der Waals surface area contributed by atoms with Crippen molar-refractivity contribution in [2.24, 2.45) is 0 Å². The molecule has 7 heteroatoms. The van der Waals surface area contributed by atoms with Crippen LogP contribution in [0.5, 0.6) is 0 Å². The third kappa shape index (κ3) is 4.02. The summed E-state index contributed by atoms with van der Waals surface area (Å²) in [6, 6.07) is 5.83. The number of benzene rings is 1. The Bertz CT molecular complexity index is 525. The van der Waals surface area contributed by atoms with Gasteiger partial charge in [-0.05, 0) is 31.9 Å². The summed E-state index contributed by atoms with van der Waals surface area (Å²) in [6.07, 6.45) is 1.46. The van der Waals surface area contributed by atoms with Crippen molar-refractivity contribution in [3.05, 3.63) is 34.4 Å². The molecular formula is C15H20N2O5. The monoisotopic (exact) mass is 308 g/mol. The van der Waals surface area contributed by atoms with Crippen LogP contribution in [0, 0.1) is 10.1 Å². The van der Waals surface area contributed by atoms with Crippen LogP contribution >= 0.6 is 0 Å². The van der Waals surface area contributed by atoms with Crippen LogP contribution in [0.15, 0.2) is 24.3 Å². The third-order valence-electron chi connectivity index (χ3n) is 3.68. The summed E-state index contributed by atoms with van der Waals surface area (Å²) in [7, 11) is 1.62. The quantitative estimate of drug-likeness (QED) is 0.594. The fraction of sp³-hybridized carbons (Fsp3) is 0.533. The van der Waals surface area contributed by atoms with Crippen LogP contribution in [0.25, 0.3) is 0 Å². The summed E-state index contributed by atoms with van der Waals surface area (Å²) in [5.41, 5.74) is 0.579. The van der Waals surface area contributed by atoms with Crippen molar-refractivity contribution in [1.29, 1.82) is 0 Å². The molecular weight excluding hydrogens is 288 g/mol. The van der Waals surface area contributed by atoms with Crippen LogP contribution in [-0.2, 0) is 14.3 Å². The van der Waals surface area contributed by atoms with Crippen LogP contribution in [0.1, 0.15) is 19.8 Å². The highest BCUT2D eigenvalue weighted by atomic mass is 16.6. The van der Waals surface area contributed by atoms with Crippen molar-refractivity contribution >= 4 is 17.3 Å². The van der Waals surface area contributed by atoms with E-state index in [1.807, 2.05) is 0 Å². The average molecular weight is 308 g/mol. The number of non-ortho nitro benzene ring substituents is 1. The van der Waals surface area contributed by atoms with Crippen LogP contribution < -0.4 is 4.90 Å². The minimum absolute atomic E-state index is 0.00715. The number of rotatable bonds is 6. The first-order valence-electron chi connectivity index (χ1n) is 7.24. The standard InChI is InChI=1S/C15H20N2O5/c1-11(22-10-14-4-3-9-21-14)15(18)16(2)12-5-7-13(8-6-12)17(19)20/h5-8,11,14H,3-4,9-10H2,1-2H3/t11-,14-/m0/s1. The van der Waals surface area contributed by atoms with Crippen LogP contribution in [-0.4, -0.2) is 43.3 Å². The lowest BCUT2D eigenvalue weighted by atomic mass is 10.2. The Morgan fingerprint density at radius 1 is 1.50 bits per heavy atom. The van der Waals surface area contributed by atoms with E-state index in [1.165, 1.54) is 17.0 Å². The van der Waals surface area contributed by atoms with E-state index in [0.717, 1.165) is 19.4 Å². The van der Waals surface area contributed by atoms with Gasteiger partial charge in [0, 0.05) is 31.5 Å². The molecule has 2 atom stereocenters. The molecule has 120 valence electrons. The van der Waals surface area contributed by atoms with Crippen molar-refractivity contribution < 1.29 is 19.2 Å². The topological polar surface area (TPSA) is 81.9 Å².